The fourth-order valence-electron chi connectivity index (χ4n) is 4.18. The predicted molar refractivity (Wildman–Crippen MR) is 166 cm³/mol. The van der Waals surface area contributed by atoms with E-state index in [-0.39, 0.29) is 29.4 Å². The van der Waals surface area contributed by atoms with Crippen molar-refractivity contribution in [2.45, 2.75) is 18.5 Å². The maximum absolute atomic E-state index is 13.7. The van der Waals surface area contributed by atoms with E-state index in [1.807, 2.05) is 0 Å². The Labute approximate surface area is 252 Å². The number of guanidine groups is 1. The summed E-state index contributed by atoms with van der Waals surface area (Å²) in [6.45, 7) is 0. The molecule has 0 bridgehead atoms. The van der Waals surface area contributed by atoms with Crippen LogP contribution in [0.4, 0.5) is 11.4 Å². The third-order valence-corrected chi connectivity index (χ3v) is 6.48. The minimum absolute atomic E-state index is 0.105. The standard InChI is InChI=1S/C31H30ClN7O4/c32-21-10-6-11-22(17-21)43-26-16-20(28(34)40)13-14-25(26)37-30(42)27(18-7-2-1-3-8-18)39-29(41)23(33)15-19-9-4-5-12-24(19)38-31(35)36/h1-14,16-17,23,27H,15,33H2,(H2,34,40)(H,37,42)(H,39,41)(H4,35,36,38)/t23-,27-/m0/s1. The number of carbonyl (C=O) groups excluding carboxylic acids is 3. The molecule has 4 aromatic rings. The van der Waals surface area contributed by atoms with Crippen LogP contribution in [0.15, 0.2) is 102 Å². The lowest BCUT2D eigenvalue weighted by Gasteiger charge is -2.22. The summed E-state index contributed by atoms with van der Waals surface area (Å²) in [5, 5.41) is 5.96. The summed E-state index contributed by atoms with van der Waals surface area (Å²) in [7, 11) is 0. The van der Waals surface area contributed by atoms with E-state index in [0.29, 0.717) is 27.6 Å². The number of benzene rings is 4. The van der Waals surface area contributed by atoms with Crippen LogP contribution in [0.1, 0.15) is 27.5 Å². The normalized spacial score (nSPS) is 12.0. The van der Waals surface area contributed by atoms with Crippen molar-refractivity contribution in [1.82, 2.24) is 5.32 Å². The van der Waals surface area contributed by atoms with Gasteiger partial charge in [0.15, 0.2) is 11.7 Å². The number of nitrogens with one attached hydrogen (secondary N) is 2. The Morgan fingerprint density at radius 2 is 1.56 bits per heavy atom. The van der Waals surface area contributed by atoms with E-state index in [0.717, 1.165) is 0 Å². The van der Waals surface area contributed by atoms with Crippen LogP contribution in [0.3, 0.4) is 0 Å². The second-order valence-corrected chi connectivity index (χ2v) is 9.89. The Balaban J connectivity index is 1.59. The van der Waals surface area contributed by atoms with E-state index in [4.69, 9.17) is 39.3 Å². The van der Waals surface area contributed by atoms with Gasteiger partial charge in [-0.05, 0) is 60.0 Å². The van der Waals surface area contributed by atoms with E-state index < -0.39 is 29.8 Å². The molecule has 4 rings (SSSR count). The summed E-state index contributed by atoms with van der Waals surface area (Å²) in [6.07, 6.45) is 0.105. The van der Waals surface area contributed by atoms with Crippen LogP contribution in [0.25, 0.3) is 0 Å². The summed E-state index contributed by atoms with van der Waals surface area (Å²) in [5.74, 6) is -1.48. The molecule has 0 saturated heterocycles. The van der Waals surface area contributed by atoms with Crippen LogP contribution >= 0.6 is 11.6 Å². The molecule has 0 saturated carbocycles. The molecule has 220 valence electrons. The second kappa shape index (κ2) is 14.0. The van der Waals surface area contributed by atoms with Crippen molar-refractivity contribution in [2.24, 2.45) is 27.9 Å². The number of halogens is 1. The summed E-state index contributed by atoms with van der Waals surface area (Å²) in [5.41, 5.74) is 24.8. The third kappa shape index (κ3) is 8.32. The highest BCUT2D eigenvalue weighted by molar-refractivity contribution is 6.30. The van der Waals surface area contributed by atoms with Crippen molar-refractivity contribution < 1.29 is 19.1 Å². The van der Waals surface area contributed by atoms with Gasteiger partial charge in [-0.25, -0.2) is 4.99 Å². The molecule has 12 heteroatoms. The Bertz CT molecular complexity index is 1660. The average Bonchev–Trinajstić information content (AvgIpc) is 2.97. The molecule has 0 radical (unpaired) electrons. The number of rotatable bonds is 11. The lowest BCUT2D eigenvalue weighted by atomic mass is 10.0. The minimum Gasteiger partial charge on any atom is -0.455 e. The summed E-state index contributed by atoms with van der Waals surface area (Å²) >= 11 is 6.09. The van der Waals surface area contributed by atoms with Gasteiger partial charge in [-0.2, -0.15) is 0 Å². The Kier molecular flexibility index (Phi) is 9.94. The number of anilines is 1. The number of nitrogens with zero attached hydrogens (tertiary/aromatic N) is 1. The fourth-order valence-corrected chi connectivity index (χ4v) is 4.36. The number of aliphatic imine (C=N–C) groups is 1. The Morgan fingerprint density at radius 1 is 0.837 bits per heavy atom. The third-order valence-electron chi connectivity index (χ3n) is 6.25. The molecule has 11 nitrogen and oxygen atoms in total. The van der Waals surface area contributed by atoms with Gasteiger partial charge in [0, 0.05) is 10.6 Å². The topological polar surface area (TPSA) is 201 Å². The van der Waals surface area contributed by atoms with E-state index in [9.17, 15) is 14.4 Å². The molecule has 0 unspecified atom stereocenters. The van der Waals surface area contributed by atoms with Gasteiger partial charge >= 0.3 is 0 Å². The van der Waals surface area contributed by atoms with Crippen molar-refractivity contribution in [2.75, 3.05) is 5.32 Å². The molecule has 0 aliphatic heterocycles. The Morgan fingerprint density at radius 3 is 2.26 bits per heavy atom. The molecule has 0 aliphatic rings. The van der Waals surface area contributed by atoms with Crippen LogP contribution in [0.5, 0.6) is 11.5 Å². The molecule has 10 N–H and O–H groups in total. The minimum atomic E-state index is -1.14. The number of primary amides is 1. The highest BCUT2D eigenvalue weighted by Gasteiger charge is 2.27. The van der Waals surface area contributed by atoms with Gasteiger partial charge in [0.2, 0.25) is 11.8 Å². The fraction of sp³-hybridized carbons (Fsp3) is 0.0968. The average molecular weight is 600 g/mol. The number of carbonyl (C=O) groups is 3. The quantitative estimate of drug-likeness (QED) is 0.112. The van der Waals surface area contributed by atoms with Crippen LogP contribution < -0.4 is 38.3 Å². The van der Waals surface area contributed by atoms with Crippen LogP contribution in [0.2, 0.25) is 5.02 Å². The first-order chi connectivity index (χ1) is 20.6. The van der Waals surface area contributed by atoms with Gasteiger partial charge in [0.25, 0.3) is 5.91 Å². The van der Waals surface area contributed by atoms with Crippen molar-refractivity contribution in [3.8, 4) is 11.5 Å². The number of amides is 3. The van der Waals surface area contributed by atoms with Gasteiger partial charge in [-0.15, -0.1) is 0 Å². The molecule has 0 aliphatic carbocycles. The first-order valence-electron chi connectivity index (χ1n) is 13.1. The van der Waals surface area contributed by atoms with Crippen molar-refractivity contribution >= 4 is 46.7 Å². The van der Waals surface area contributed by atoms with Gasteiger partial charge in [-0.1, -0.05) is 66.2 Å². The lowest BCUT2D eigenvalue weighted by molar-refractivity contribution is -0.127. The predicted octanol–water partition coefficient (Wildman–Crippen LogP) is 3.50. The number of para-hydroxylation sites is 1. The smallest absolute Gasteiger partial charge is 0.251 e. The monoisotopic (exact) mass is 599 g/mol. The molecule has 0 aromatic heterocycles. The first-order valence-corrected chi connectivity index (χ1v) is 13.4. The van der Waals surface area contributed by atoms with E-state index in [1.54, 1.807) is 78.9 Å². The summed E-state index contributed by atoms with van der Waals surface area (Å²) in [4.78, 5) is 42.9. The van der Waals surface area contributed by atoms with Crippen molar-refractivity contribution in [3.63, 3.8) is 0 Å². The van der Waals surface area contributed by atoms with Gasteiger partial charge in [0.1, 0.15) is 11.8 Å². The summed E-state index contributed by atoms with van der Waals surface area (Å²) in [6, 6.07) is 24.4. The Hall–Kier alpha value is -5.39. The number of hydrogen-bond acceptors (Lipinski definition) is 6. The zero-order chi connectivity index (χ0) is 30.9. The van der Waals surface area contributed by atoms with Crippen LogP contribution in [-0.4, -0.2) is 29.7 Å². The van der Waals surface area contributed by atoms with Gasteiger partial charge in [-0.3, -0.25) is 14.4 Å². The maximum Gasteiger partial charge on any atom is 0.251 e. The van der Waals surface area contributed by atoms with E-state index in [2.05, 4.69) is 15.6 Å². The van der Waals surface area contributed by atoms with Crippen molar-refractivity contribution in [3.05, 3.63) is 119 Å². The molecule has 3 amide bonds. The maximum atomic E-state index is 13.7. The molecule has 43 heavy (non-hydrogen) atoms. The summed E-state index contributed by atoms with van der Waals surface area (Å²) < 4.78 is 5.95. The van der Waals surface area contributed by atoms with Crippen LogP contribution in [0, 0.1) is 0 Å². The molecule has 4 aromatic carbocycles. The number of hydrogen-bond donors (Lipinski definition) is 6. The largest absolute Gasteiger partial charge is 0.455 e. The van der Waals surface area contributed by atoms with Crippen LogP contribution in [-0.2, 0) is 16.0 Å². The van der Waals surface area contributed by atoms with Gasteiger partial charge < -0.3 is 38.3 Å². The second-order valence-electron chi connectivity index (χ2n) is 9.45. The molecular formula is C31H30ClN7O4. The first kappa shape index (κ1) is 30.6. The highest BCUT2D eigenvalue weighted by atomic mass is 35.5. The van der Waals surface area contributed by atoms with Gasteiger partial charge in [0.05, 0.1) is 17.4 Å². The lowest BCUT2D eigenvalue weighted by Crippen LogP contribution is -2.46. The molecular weight excluding hydrogens is 570 g/mol. The number of nitrogens with two attached hydrogens (primary N) is 4. The molecule has 0 heterocycles. The highest BCUT2D eigenvalue weighted by Crippen LogP contribution is 2.32. The van der Waals surface area contributed by atoms with E-state index >= 15 is 0 Å². The SMILES string of the molecule is NC(=O)c1ccc(NC(=O)[C@@H](NC(=O)[C@@H](N)Cc2ccccc2N=C(N)N)c2ccccc2)c(Oc2cccc(Cl)c2)c1. The number of ether oxygens (including phenoxy) is 1. The molecule has 0 fully saturated rings. The molecule has 0 spiro atoms. The molecule has 2 atom stereocenters. The van der Waals surface area contributed by atoms with E-state index in [1.165, 1.54) is 18.2 Å². The van der Waals surface area contributed by atoms with Crippen molar-refractivity contribution in [1.29, 1.82) is 0 Å². The zero-order valence-corrected chi connectivity index (χ0v) is 23.6. The zero-order valence-electron chi connectivity index (χ0n) is 22.9.